The zero-order valence-electron chi connectivity index (χ0n) is 23.6. The first-order chi connectivity index (χ1) is 18.6. The standard InChI is InChI=1S/C28H38N6O5/c1-28(2,3)39-27(36)33-12-10-32(11-13-33)8-7-9-34-24-20(18-30-26(29-4)31-24)16-23(25(34)35)19-14-21(37-5)17-22(15-19)38-6/h14-18H,7-13H2,1-6H3,(H,29,30,31). The van der Waals surface area contributed by atoms with Crippen LogP contribution in [0.3, 0.4) is 0 Å². The number of benzene rings is 1. The molecule has 3 aromatic rings. The third kappa shape index (κ3) is 6.78. The highest BCUT2D eigenvalue weighted by Gasteiger charge is 2.25. The van der Waals surface area contributed by atoms with Crippen LogP contribution in [0.15, 0.2) is 35.3 Å². The van der Waals surface area contributed by atoms with Crippen molar-refractivity contribution in [1.82, 2.24) is 24.3 Å². The van der Waals surface area contributed by atoms with E-state index in [0.717, 1.165) is 31.4 Å². The fraction of sp³-hybridized carbons (Fsp3) is 0.500. The van der Waals surface area contributed by atoms with Crippen molar-refractivity contribution < 1.29 is 19.0 Å². The normalized spacial score (nSPS) is 14.4. The minimum absolute atomic E-state index is 0.145. The van der Waals surface area contributed by atoms with E-state index >= 15 is 0 Å². The Labute approximate surface area is 228 Å². The highest BCUT2D eigenvalue weighted by atomic mass is 16.6. The number of pyridine rings is 1. The number of hydrogen-bond acceptors (Lipinski definition) is 9. The van der Waals surface area contributed by atoms with Crippen molar-refractivity contribution in [1.29, 1.82) is 0 Å². The number of nitrogens with zero attached hydrogens (tertiary/aromatic N) is 5. The SMILES string of the molecule is CNc1ncc2cc(-c3cc(OC)cc(OC)c3)c(=O)n(CCCN3CCN(C(=O)OC(C)(C)C)CC3)c2n1. The van der Waals surface area contributed by atoms with E-state index in [0.29, 0.717) is 53.9 Å². The van der Waals surface area contributed by atoms with Gasteiger partial charge in [-0.15, -0.1) is 0 Å². The summed E-state index contributed by atoms with van der Waals surface area (Å²) in [6.07, 6.45) is 2.19. The Bertz CT molecular complexity index is 1350. The predicted molar refractivity (Wildman–Crippen MR) is 151 cm³/mol. The van der Waals surface area contributed by atoms with Crippen molar-refractivity contribution in [3.8, 4) is 22.6 Å². The maximum absolute atomic E-state index is 13.8. The Hall–Kier alpha value is -3.86. The predicted octanol–water partition coefficient (Wildman–Crippen LogP) is 3.46. The van der Waals surface area contributed by atoms with Gasteiger partial charge in [-0.1, -0.05) is 0 Å². The Balaban J connectivity index is 1.54. The number of rotatable bonds is 8. The highest BCUT2D eigenvalue weighted by molar-refractivity contribution is 5.82. The first-order valence-electron chi connectivity index (χ1n) is 13.1. The topological polar surface area (TPSA) is 111 Å². The molecule has 2 aromatic heterocycles. The molecule has 0 spiro atoms. The minimum Gasteiger partial charge on any atom is -0.497 e. The van der Waals surface area contributed by atoms with E-state index in [1.165, 1.54) is 0 Å². The summed E-state index contributed by atoms with van der Waals surface area (Å²) in [5, 5.41) is 3.72. The molecule has 1 aliphatic rings. The molecule has 11 heteroatoms. The van der Waals surface area contributed by atoms with Gasteiger partial charge in [0, 0.05) is 63.0 Å². The molecule has 39 heavy (non-hydrogen) atoms. The molecule has 1 fully saturated rings. The second-order valence-electron chi connectivity index (χ2n) is 10.5. The first-order valence-corrected chi connectivity index (χ1v) is 13.1. The van der Waals surface area contributed by atoms with E-state index in [1.54, 1.807) is 43.0 Å². The van der Waals surface area contributed by atoms with Crippen molar-refractivity contribution in [2.75, 3.05) is 59.3 Å². The van der Waals surface area contributed by atoms with Gasteiger partial charge in [-0.25, -0.2) is 9.78 Å². The zero-order valence-corrected chi connectivity index (χ0v) is 23.6. The summed E-state index contributed by atoms with van der Waals surface area (Å²) in [5.74, 6) is 1.65. The van der Waals surface area contributed by atoms with E-state index in [4.69, 9.17) is 14.2 Å². The molecule has 11 nitrogen and oxygen atoms in total. The molecule has 1 aromatic carbocycles. The summed E-state index contributed by atoms with van der Waals surface area (Å²) in [4.78, 5) is 39.2. The number of carbonyl (C=O) groups excluding carboxylic acids is 1. The second kappa shape index (κ2) is 11.9. The van der Waals surface area contributed by atoms with Crippen LogP contribution in [0.4, 0.5) is 10.7 Å². The van der Waals surface area contributed by atoms with Crippen LogP contribution in [0, 0.1) is 0 Å². The lowest BCUT2D eigenvalue weighted by Gasteiger charge is -2.35. The quantitative estimate of drug-likeness (QED) is 0.461. The summed E-state index contributed by atoms with van der Waals surface area (Å²) in [5.41, 5.74) is 1.14. The fourth-order valence-electron chi connectivity index (χ4n) is 4.59. The number of piperazine rings is 1. The number of nitrogens with one attached hydrogen (secondary N) is 1. The van der Waals surface area contributed by atoms with Gasteiger partial charge in [0.2, 0.25) is 5.95 Å². The van der Waals surface area contributed by atoms with Crippen molar-refractivity contribution in [3.05, 3.63) is 40.8 Å². The van der Waals surface area contributed by atoms with Gasteiger partial charge < -0.3 is 24.4 Å². The molecule has 4 rings (SSSR count). The molecule has 0 atom stereocenters. The van der Waals surface area contributed by atoms with Gasteiger partial charge in [0.25, 0.3) is 5.56 Å². The van der Waals surface area contributed by atoms with E-state index in [9.17, 15) is 9.59 Å². The number of carbonyl (C=O) groups is 1. The van der Waals surface area contributed by atoms with E-state index in [2.05, 4.69) is 20.2 Å². The summed E-state index contributed by atoms with van der Waals surface area (Å²) in [6, 6.07) is 7.23. The molecule has 0 radical (unpaired) electrons. The highest BCUT2D eigenvalue weighted by Crippen LogP contribution is 2.29. The number of aryl methyl sites for hydroxylation is 1. The van der Waals surface area contributed by atoms with Gasteiger partial charge >= 0.3 is 6.09 Å². The molecule has 1 aliphatic heterocycles. The Kier molecular flexibility index (Phi) is 8.59. The van der Waals surface area contributed by atoms with Crippen LogP contribution >= 0.6 is 0 Å². The van der Waals surface area contributed by atoms with Crippen molar-refractivity contribution >= 4 is 23.1 Å². The Morgan fingerprint density at radius 3 is 2.26 bits per heavy atom. The van der Waals surface area contributed by atoms with Gasteiger partial charge in [0.15, 0.2) is 0 Å². The lowest BCUT2D eigenvalue weighted by Crippen LogP contribution is -2.50. The van der Waals surface area contributed by atoms with Crippen LogP contribution in [0.1, 0.15) is 27.2 Å². The van der Waals surface area contributed by atoms with E-state index in [1.807, 2.05) is 39.0 Å². The molecule has 210 valence electrons. The Morgan fingerprint density at radius 1 is 1.00 bits per heavy atom. The third-order valence-corrected chi connectivity index (χ3v) is 6.59. The third-order valence-electron chi connectivity index (χ3n) is 6.59. The van der Waals surface area contributed by atoms with Gasteiger partial charge in [0.05, 0.1) is 14.2 Å². The molecule has 1 amide bonds. The number of methoxy groups -OCH3 is 2. The van der Waals surface area contributed by atoms with Crippen LogP contribution in [-0.4, -0.2) is 90.0 Å². The molecule has 1 N–H and O–H groups in total. The van der Waals surface area contributed by atoms with Crippen LogP contribution in [-0.2, 0) is 11.3 Å². The number of amides is 1. The number of fused-ring (bicyclic) bond motifs is 1. The maximum atomic E-state index is 13.8. The average molecular weight is 539 g/mol. The van der Waals surface area contributed by atoms with Crippen LogP contribution in [0.5, 0.6) is 11.5 Å². The summed E-state index contributed by atoms with van der Waals surface area (Å²) in [7, 11) is 4.91. The van der Waals surface area contributed by atoms with E-state index in [-0.39, 0.29) is 11.7 Å². The first kappa shape index (κ1) is 28.2. The largest absolute Gasteiger partial charge is 0.497 e. The number of aromatic nitrogens is 3. The van der Waals surface area contributed by atoms with Crippen molar-refractivity contribution in [2.45, 2.75) is 39.3 Å². The Morgan fingerprint density at radius 2 is 1.67 bits per heavy atom. The maximum Gasteiger partial charge on any atom is 0.410 e. The van der Waals surface area contributed by atoms with Crippen molar-refractivity contribution in [3.63, 3.8) is 0 Å². The fourth-order valence-corrected chi connectivity index (χ4v) is 4.59. The molecule has 1 saturated heterocycles. The van der Waals surface area contributed by atoms with Crippen LogP contribution in [0.25, 0.3) is 22.2 Å². The number of ether oxygens (including phenoxy) is 3. The summed E-state index contributed by atoms with van der Waals surface area (Å²) in [6.45, 7) is 9.63. The zero-order chi connectivity index (χ0) is 28.2. The minimum atomic E-state index is -0.508. The lowest BCUT2D eigenvalue weighted by atomic mass is 10.0. The monoisotopic (exact) mass is 538 g/mol. The van der Waals surface area contributed by atoms with Crippen LogP contribution < -0.4 is 20.3 Å². The molecule has 3 heterocycles. The van der Waals surface area contributed by atoms with Crippen LogP contribution in [0.2, 0.25) is 0 Å². The average Bonchev–Trinajstić information content (AvgIpc) is 2.92. The molecular weight excluding hydrogens is 500 g/mol. The van der Waals surface area contributed by atoms with Crippen molar-refractivity contribution in [2.24, 2.45) is 0 Å². The van der Waals surface area contributed by atoms with Gasteiger partial charge in [0.1, 0.15) is 22.7 Å². The number of hydrogen-bond donors (Lipinski definition) is 1. The van der Waals surface area contributed by atoms with Gasteiger partial charge in [-0.2, -0.15) is 4.98 Å². The lowest BCUT2D eigenvalue weighted by molar-refractivity contribution is 0.0144. The molecule has 0 unspecified atom stereocenters. The molecule has 0 bridgehead atoms. The van der Waals surface area contributed by atoms with Gasteiger partial charge in [-0.3, -0.25) is 14.3 Å². The van der Waals surface area contributed by atoms with E-state index < -0.39 is 5.60 Å². The molecule has 0 saturated carbocycles. The summed E-state index contributed by atoms with van der Waals surface area (Å²) >= 11 is 0. The number of anilines is 1. The molecular formula is C28H38N6O5. The van der Waals surface area contributed by atoms with Gasteiger partial charge in [-0.05, 0) is 57.5 Å². The molecule has 0 aliphatic carbocycles. The summed E-state index contributed by atoms with van der Waals surface area (Å²) < 4.78 is 18.1. The smallest absolute Gasteiger partial charge is 0.410 e. The second-order valence-corrected chi connectivity index (χ2v) is 10.5.